The minimum absolute atomic E-state index is 0.119. The monoisotopic (exact) mass is 392 g/mol. The Morgan fingerprint density at radius 3 is 2.87 bits per heavy atom. The number of rotatable bonds is 3. The van der Waals surface area contributed by atoms with Gasteiger partial charge in [-0.25, -0.2) is 0 Å². The fourth-order valence-corrected chi connectivity index (χ4v) is 4.71. The second-order valence-corrected chi connectivity index (χ2v) is 8.21. The minimum Gasteiger partial charge on any atom is -0.325 e. The molecule has 5 heteroatoms. The van der Waals surface area contributed by atoms with E-state index in [0.29, 0.717) is 0 Å². The number of amides is 1. The number of fused-ring (bicyclic) bond motifs is 3. The number of H-pyrrole nitrogens is 1. The molecule has 5 nitrogen and oxygen atoms in total. The van der Waals surface area contributed by atoms with Crippen LogP contribution in [0.4, 0.5) is 5.69 Å². The lowest BCUT2D eigenvalue weighted by atomic mass is 9.92. The Morgan fingerprint density at radius 1 is 1.10 bits per heavy atom. The van der Waals surface area contributed by atoms with E-state index in [9.17, 15) is 4.79 Å². The minimum atomic E-state index is -0.411. The zero-order valence-electron chi connectivity index (χ0n) is 16.5. The van der Waals surface area contributed by atoms with Gasteiger partial charge in [0.2, 0.25) is 5.91 Å². The summed E-state index contributed by atoms with van der Waals surface area (Å²) in [7, 11) is 0. The molecule has 1 aliphatic carbocycles. The molecule has 0 saturated heterocycles. The molecule has 2 unspecified atom stereocenters. The number of anilines is 1. The van der Waals surface area contributed by atoms with Crippen LogP contribution >= 0.6 is 0 Å². The van der Waals surface area contributed by atoms with Gasteiger partial charge in [0, 0.05) is 28.9 Å². The number of benzene rings is 2. The maximum atomic E-state index is 12.8. The molecule has 1 aliphatic heterocycles. The lowest BCUT2D eigenvalue weighted by Gasteiger charge is -2.08. The Hall–Kier alpha value is -3.73. The van der Waals surface area contributed by atoms with Crippen molar-refractivity contribution in [2.45, 2.75) is 24.7 Å². The van der Waals surface area contributed by atoms with Crippen molar-refractivity contribution in [3.05, 3.63) is 88.9 Å². The van der Waals surface area contributed by atoms with Crippen molar-refractivity contribution in [1.82, 2.24) is 15.2 Å². The van der Waals surface area contributed by atoms with Gasteiger partial charge in [-0.15, -0.1) is 0 Å². The number of carbonyl (C=O) groups is 1. The number of nitrogens with one attached hydrogen (secondary N) is 2. The summed E-state index contributed by atoms with van der Waals surface area (Å²) in [5.74, 6) is 0.320. The van der Waals surface area contributed by atoms with Gasteiger partial charge in [-0.05, 0) is 54.3 Å². The van der Waals surface area contributed by atoms with Gasteiger partial charge in [0.25, 0.3) is 0 Å². The van der Waals surface area contributed by atoms with Crippen LogP contribution < -0.4 is 5.32 Å². The number of hydrogen-bond donors (Lipinski definition) is 2. The molecule has 3 heterocycles. The Kier molecular flexibility index (Phi) is 3.51. The Labute approximate surface area is 173 Å². The highest BCUT2D eigenvalue weighted by atomic mass is 16.2. The van der Waals surface area contributed by atoms with Crippen molar-refractivity contribution in [3.63, 3.8) is 0 Å². The average molecular weight is 392 g/mol. The van der Waals surface area contributed by atoms with E-state index in [-0.39, 0.29) is 11.8 Å². The highest BCUT2D eigenvalue weighted by Crippen LogP contribution is 2.64. The molecule has 0 bridgehead atoms. The van der Waals surface area contributed by atoms with Gasteiger partial charge in [-0.2, -0.15) is 5.10 Å². The molecule has 30 heavy (non-hydrogen) atoms. The van der Waals surface area contributed by atoms with Crippen molar-refractivity contribution < 1.29 is 4.79 Å². The first kappa shape index (κ1) is 17.2. The Balaban J connectivity index is 1.31. The zero-order chi connectivity index (χ0) is 20.3. The van der Waals surface area contributed by atoms with Gasteiger partial charge < -0.3 is 5.32 Å². The van der Waals surface area contributed by atoms with Crippen molar-refractivity contribution in [2.75, 3.05) is 5.32 Å². The quantitative estimate of drug-likeness (QED) is 0.525. The second kappa shape index (κ2) is 6.13. The first-order valence-electron chi connectivity index (χ1n) is 10.1. The molecule has 0 radical (unpaired) electrons. The number of aromatic nitrogens is 3. The normalized spacial score (nSPS) is 22.0. The summed E-state index contributed by atoms with van der Waals surface area (Å²) in [5, 5.41) is 11.7. The van der Waals surface area contributed by atoms with Crippen LogP contribution in [0.2, 0.25) is 0 Å². The van der Waals surface area contributed by atoms with Gasteiger partial charge >= 0.3 is 0 Å². The van der Waals surface area contributed by atoms with Crippen LogP contribution in [0.15, 0.2) is 60.8 Å². The van der Waals surface area contributed by atoms with E-state index in [1.807, 2.05) is 55.6 Å². The standard InChI is InChI=1S/C25H20N4O/c1-15-6-7-16(14-26-15)8-11-21-18-10-9-17(12-23(18)29-28-21)20-13-25(20)19-4-2-3-5-22(19)27-24(25)30/h2-12,14,20H,13H2,1H3,(H,27,30)(H,28,29). The number of pyridine rings is 1. The topological polar surface area (TPSA) is 70.7 Å². The third-order valence-electron chi connectivity index (χ3n) is 6.41. The van der Waals surface area contributed by atoms with Crippen molar-refractivity contribution in [1.29, 1.82) is 0 Å². The van der Waals surface area contributed by atoms with Crippen LogP contribution in [-0.2, 0) is 10.2 Å². The van der Waals surface area contributed by atoms with E-state index in [1.165, 1.54) is 5.56 Å². The number of hydrogen-bond acceptors (Lipinski definition) is 3. The van der Waals surface area contributed by atoms with Crippen molar-refractivity contribution in [2.24, 2.45) is 0 Å². The zero-order valence-corrected chi connectivity index (χ0v) is 16.5. The third kappa shape index (κ3) is 2.45. The molecule has 2 aromatic carbocycles. The van der Waals surface area contributed by atoms with Gasteiger partial charge in [-0.3, -0.25) is 14.9 Å². The molecule has 2 aliphatic rings. The fourth-order valence-electron chi connectivity index (χ4n) is 4.71. The molecule has 1 saturated carbocycles. The van der Waals surface area contributed by atoms with Gasteiger partial charge in [0.15, 0.2) is 0 Å². The Bertz CT molecular complexity index is 1340. The van der Waals surface area contributed by atoms with Crippen molar-refractivity contribution >= 4 is 34.6 Å². The molecule has 4 aromatic rings. The fraction of sp³-hybridized carbons (Fsp3) is 0.160. The molecule has 2 aromatic heterocycles. The summed E-state index contributed by atoms with van der Waals surface area (Å²) >= 11 is 0. The molecular formula is C25H20N4O. The van der Waals surface area contributed by atoms with E-state index < -0.39 is 5.41 Å². The first-order valence-corrected chi connectivity index (χ1v) is 10.1. The summed E-state index contributed by atoms with van der Waals surface area (Å²) in [6, 6.07) is 18.5. The number of carbonyl (C=O) groups excluding carboxylic acids is 1. The Morgan fingerprint density at radius 2 is 2.00 bits per heavy atom. The van der Waals surface area contributed by atoms with E-state index in [4.69, 9.17) is 0 Å². The van der Waals surface area contributed by atoms with Gasteiger partial charge in [0.05, 0.1) is 16.6 Å². The van der Waals surface area contributed by atoms with Crippen molar-refractivity contribution in [3.8, 4) is 0 Å². The molecule has 2 N–H and O–H groups in total. The van der Waals surface area contributed by atoms with E-state index in [1.54, 1.807) is 0 Å². The summed E-state index contributed by atoms with van der Waals surface area (Å²) in [4.78, 5) is 17.1. The predicted octanol–water partition coefficient (Wildman–Crippen LogP) is 4.81. The summed E-state index contributed by atoms with van der Waals surface area (Å²) in [6.45, 7) is 1.98. The lowest BCUT2D eigenvalue weighted by Crippen LogP contribution is -2.20. The number of aryl methyl sites for hydroxylation is 1. The smallest absolute Gasteiger partial charge is 0.235 e. The first-order chi connectivity index (χ1) is 14.6. The lowest BCUT2D eigenvalue weighted by molar-refractivity contribution is -0.118. The van der Waals surface area contributed by atoms with Gasteiger partial charge in [0.1, 0.15) is 0 Å². The van der Waals surface area contributed by atoms with Gasteiger partial charge in [-0.1, -0.05) is 42.5 Å². The number of para-hydroxylation sites is 1. The molecule has 2 atom stereocenters. The maximum Gasteiger partial charge on any atom is 0.235 e. The highest BCUT2D eigenvalue weighted by molar-refractivity contribution is 6.09. The van der Waals surface area contributed by atoms with Crippen LogP contribution in [0, 0.1) is 6.92 Å². The number of aromatic amines is 1. The van der Waals surface area contributed by atoms with Crippen LogP contribution in [0.1, 0.15) is 40.4 Å². The largest absolute Gasteiger partial charge is 0.325 e. The summed E-state index contributed by atoms with van der Waals surface area (Å²) in [6.07, 6.45) is 6.73. The second-order valence-electron chi connectivity index (χ2n) is 8.21. The van der Waals surface area contributed by atoms with Crippen LogP contribution in [0.3, 0.4) is 0 Å². The number of nitrogens with zero attached hydrogens (tertiary/aromatic N) is 2. The molecule has 146 valence electrons. The average Bonchev–Trinajstić information content (AvgIpc) is 3.30. The molecule has 1 fully saturated rings. The summed E-state index contributed by atoms with van der Waals surface area (Å²) in [5.41, 5.74) is 6.77. The molecule has 1 spiro atoms. The van der Waals surface area contributed by atoms with Crippen LogP contribution in [-0.4, -0.2) is 21.1 Å². The molecule has 1 amide bonds. The highest BCUT2D eigenvalue weighted by Gasteiger charge is 2.65. The molecular weight excluding hydrogens is 372 g/mol. The third-order valence-corrected chi connectivity index (χ3v) is 6.41. The summed E-state index contributed by atoms with van der Waals surface area (Å²) < 4.78 is 0. The van der Waals surface area contributed by atoms with Crippen LogP contribution in [0.25, 0.3) is 23.1 Å². The molecule has 6 rings (SSSR count). The van der Waals surface area contributed by atoms with E-state index >= 15 is 0 Å². The van der Waals surface area contributed by atoms with E-state index in [0.717, 1.165) is 45.5 Å². The maximum absolute atomic E-state index is 12.8. The predicted molar refractivity (Wildman–Crippen MR) is 118 cm³/mol. The van der Waals surface area contributed by atoms with Crippen LogP contribution in [0.5, 0.6) is 0 Å². The SMILES string of the molecule is Cc1ccc(C=Cc2n[nH]c3cc(C4CC45C(=O)Nc4ccccc45)ccc23)cn1. The van der Waals surface area contributed by atoms with E-state index in [2.05, 4.69) is 44.8 Å².